The maximum Gasteiger partial charge on any atom is 0.0860 e. The van der Waals surface area contributed by atoms with E-state index in [2.05, 4.69) is 4.98 Å². The molecule has 1 fully saturated rings. The quantitative estimate of drug-likeness (QED) is 0.897. The van der Waals surface area contributed by atoms with Gasteiger partial charge in [0.1, 0.15) is 0 Å². The van der Waals surface area contributed by atoms with Crippen molar-refractivity contribution in [1.82, 2.24) is 4.98 Å². The third-order valence-electron chi connectivity index (χ3n) is 4.42. The van der Waals surface area contributed by atoms with Gasteiger partial charge in [-0.05, 0) is 36.6 Å². The summed E-state index contributed by atoms with van der Waals surface area (Å²) in [6.07, 6.45) is 2.82. The molecule has 4 heteroatoms. The zero-order valence-corrected chi connectivity index (χ0v) is 11.5. The van der Waals surface area contributed by atoms with Crippen molar-refractivity contribution in [3.05, 3.63) is 42.1 Å². The van der Waals surface area contributed by atoms with Gasteiger partial charge < -0.3 is 15.6 Å². The van der Waals surface area contributed by atoms with E-state index in [1.807, 2.05) is 30.3 Å². The Balaban J connectivity index is 1.96. The molecule has 1 aliphatic rings. The largest absolute Gasteiger partial charge is 0.388 e. The van der Waals surface area contributed by atoms with Gasteiger partial charge in [-0.1, -0.05) is 12.1 Å². The van der Waals surface area contributed by atoms with Crippen molar-refractivity contribution in [1.29, 1.82) is 0 Å². The summed E-state index contributed by atoms with van der Waals surface area (Å²) in [7, 11) is 0. The molecule has 20 heavy (non-hydrogen) atoms. The average molecular weight is 272 g/mol. The molecule has 0 saturated carbocycles. The average Bonchev–Trinajstić information content (AvgIpc) is 2.54. The predicted molar refractivity (Wildman–Crippen MR) is 78.2 cm³/mol. The number of fused-ring (bicyclic) bond motifs is 1. The minimum atomic E-state index is -0.555. The molecule has 1 aromatic heterocycles. The minimum Gasteiger partial charge on any atom is -0.388 e. The summed E-state index contributed by atoms with van der Waals surface area (Å²) in [5, 5.41) is 11.8. The van der Waals surface area contributed by atoms with Crippen molar-refractivity contribution in [3.63, 3.8) is 0 Å². The zero-order valence-electron chi connectivity index (χ0n) is 11.5. The molecular weight excluding hydrogens is 252 g/mol. The van der Waals surface area contributed by atoms with E-state index < -0.39 is 6.10 Å². The minimum absolute atomic E-state index is 0.270. The fourth-order valence-electron chi connectivity index (χ4n) is 2.98. The SMILES string of the molecule is NCC1(C(O)c2ccc3ncccc3c2)CCOCC1. The Hall–Kier alpha value is -1.49. The third kappa shape index (κ3) is 2.30. The number of rotatable bonds is 3. The molecule has 0 radical (unpaired) electrons. The molecule has 0 aliphatic carbocycles. The first-order chi connectivity index (χ1) is 9.75. The van der Waals surface area contributed by atoms with Crippen molar-refractivity contribution >= 4 is 10.9 Å². The van der Waals surface area contributed by atoms with E-state index in [-0.39, 0.29) is 5.41 Å². The van der Waals surface area contributed by atoms with Gasteiger partial charge in [0.05, 0.1) is 11.6 Å². The highest BCUT2D eigenvalue weighted by molar-refractivity contribution is 5.79. The Morgan fingerprint density at radius 2 is 2.10 bits per heavy atom. The van der Waals surface area contributed by atoms with Gasteiger partial charge in [-0.2, -0.15) is 0 Å². The van der Waals surface area contributed by atoms with E-state index in [1.54, 1.807) is 6.20 Å². The van der Waals surface area contributed by atoms with E-state index in [0.29, 0.717) is 19.8 Å². The van der Waals surface area contributed by atoms with Crippen LogP contribution in [0, 0.1) is 5.41 Å². The molecule has 106 valence electrons. The maximum absolute atomic E-state index is 10.8. The van der Waals surface area contributed by atoms with E-state index in [9.17, 15) is 5.11 Å². The summed E-state index contributed by atoms with van der Waals surface area (Å²) >= 11 is 0. The molecule has 3 rings (SSSR count). The van der Waals surface area contributed by atoms with E-state index in [1.165, 1.54) is 0 Å². The summed E-state index contributed by atoms with van der Waals surface area (Å²) < 4.78 is 5.41. The highest BCUT2D eigenvalue weighted by atomic mass is 16.5. The summed E-state index contributed by atoms with van der Waals surface area (Å²) in [6.45, 7) is 1.81. The normalized spacial score (nSPS) is 19.9. The molecule has 1 aromatic carbocycles. The monoisotopic (exact) mass is 272 g/mol. The standard InChI is InChI=1S/C16H20N2O2/c17-11-16(5-8-20-9-6-16)15(19)13-3-4-14-12(10-13)2-1-7-18-14/h1-4,7,10,15,19H,5-6,8-9,11,17H2. The zero-order chi connectivity index (χ0) is 14.0. The Bertz CT molecular complexity index is 594. The molecule has 2 heterocycles. The fourth-order valence-corrected chi connectivity index (χ4v) is 2.98. The lowest BCUT2D eigenvalue weighted by Crippen LogP contribution is -2.41. The lowest BCUT2D eigenvalue weighted by Gasteiger charge is -2.40. The fraction of sp³-hybridized carbons (Fsp3) is 0.438. The first-order valence-corrected chi connectivity index (χ1v) is 7.06. The van der Waals surface area contributed by atoms with Crippen LogP contribution in [0.3, 0.4) is 0 Å². The number of benzene rings is 1. The summed E-state index contributed by atoms with van der Waals surface area (Å²) in [4.78, 5) is 4.31. The Kier molecular flexibility index (Phi) is 3.70. The van der Waals surface area contributed by atoms with Crippen LogP contribution in [0.25, 0.3) is 10.9 Å². The van der Waals surface area contributed by atoms with Crippen LogP contribution in [-0.4, -0.2) is 29.8 Å². The second kappa shape index (κ2) is 5.48. The van der Waals surface area contributed by atoms with Crippen molar-refractivity contribution < 1.29 is 9.84 Å². The molecule has 1 saturated heterocycles. The van der Waals surface area contributed by atoms with Crippen LogP contribution in [0.15, 0.2) is 36.5 Å². The van der Waals surface area contributed by atoms with Crippen molar-refractivity contribution in [2.24, 2.45) is 11.1 Å². The van der Waals surface area contributed by atoms with Crippen LogP contribution in [0.5, 0.6) is 0 Å². The number of aromatic nitrogens is 1. The Labute approximate surface area is 118 Å². The van der Waals surface area contributed by atoms with Gasteiger partial charge in [0.2, 0.25) is 0 Å². The summed E-state index contributed by atoms with van der Waals surface area (Å²) in [5.41, 5.74) is 7.55. The van der Waals surface area contributed by atoms with Crippen LogP contribution >= 0.6 is 0 Å². The maximum atomic E-state index is 10.8. The van der Waals surface area contributed by atoms with Crippen LogP contribution < -0.4 is 5.73 Å². The van der Waals surface area contributed by atoms with Crippen molar-refractivity contribution in [2.75, 3.05) is 19.8 Å². The number of pyridine rings is 1. The van der Waals surface area contributed by atoms with Gasteiger partial charge in [-0.15, -0.1) is 0 Å². The first kappa shape index (κ1) is 13.5. The van der Waals surface area contributed by atoms with Crippen LogP contribution in [-0.2, 0) is 4.74 Å². The number of hydrogen-bond acceptors (Lipinski definition) is 4. The summed E-state index contributed by atoms with van der Waals surface area (Å²) in [6, 6.07) is 9.84. The van der Waals surface area contributed by atoms with E-state index >= 15 is 0 Å². The molecular formula is C16H20N2O2. The molecule has 4 nitrogen and oxygen atoms in total. The first-order valence-electron chi connectivity index (χ1n) is 7.06. The van der Waals surface area contributed by atoms with Gasteiger partial charge in [0, 0.05) is 36.8 Å². The molecule has 1 aliphatic heterocycles. The van der Waals surface area contributed by atoms with Gasteiger partial charge >= 0.3 is 0 Å². The number of aliphatic hydroxyl groups excluding tert-OH is 1. The molecule has 3 N–H and O–H groups in total. The van der Waals surface area contributed by atoms with E-state index in [4.69, 9.17) is 10.5 Å². The number of hydrogen-bond donors (Lipinski definition) is 2. The van der Waals surface area contributed by atoms with Gasteiger partial charge in [-0.25, -0.2) is 0 Å². The van der Waals surface area contributed by atoms with Crippen LogP contribution in [0.2, 0.25) is 0 Å². The molecule has 0 bridgehead atoms. The number of nitrogens with two attached hydrogens (primary N) is 1. The number of nitrogens with zero attached hydrogens (tertiary/aromatic N) is 1. The van der Waals surface area contributed by atoms with Crippen molar-refractivity contribution in [3.8, 4) is 0 Å². The third-order valence-corrected chi connectivity index (χ3v) is 4.42. The number of aliphatic hydroxyl groups is 1. The molecule has 1 atom stereocenters. The molecule has 0 spiro atoms. The second-order valence-electron chi connectivity index (χ2n) is 5.54. The summed E-state index contributed by atoms with van der Waals surface area (Å²) in [5.74, 6) is 0. The lowest BCUT2D eigenvalue weighted by molar-refractivity contribution is -0.0581. The predicted octanol–water partition coefficient (Wildman–Crippen LogP) is 2.02. The van der Waals surface area contributed by atoms with Crippen LogP contribution in [0.4, 0.5) is 0 Å². The van der Waals surface area contributed by atoms with E-state index in [0.717, 1.165) is 29.3 Å². The van der Waals surface area contributed by atoms with Crippen LogP contribution in [0.1, 0.15) is 24.5 Å². The van der Waals surface area contributed by atoms with Gasteiger partial charge in [-0.3, -0.25) is 4.98 Å². The van der Waals surface area contributed by atoms with Gasteiger partial charge in [0.25, 0.3) is 0 Å². The Morgan fingerprint density at radius 3 is 2.85 bits per heavy atom. The molecule has 2 aromatic rings. The Morgan fingerprint density at radius 1 is 1.30 bits per heavy atom. The highest BCUT2D eigenvalue weighted by Crippen LogP contribution is 2.42. The number of ether oxygens (including phenoxy) is 1. The highest BCUT2D eigenvalue weighted by Gasteiger charge is 2.39. The molecule has 1 unspecified atom stereocenters. The lowest BCUT2D eigenvalue weighted by atomic mass is 9.73. The smallest absolute Gasteiger partial charge is 0.0860 e. The topological polar surface area (TPSA) is 68.4 Å². The molecule has 0 amide bonds. The second-order valence-corrected chi connectivity index (χ2v) is 5.54. The van der Waals surface area contributed by atoms with Gasteiger partial charge in [0.15, 0.2) is 0 Å². The van der Waals surface area contributed by atoms with Crippen molar-refractivity contribution in [2.45, 2.75) is 18.9 Å².